The number of nitrogens with one attached hydrogen (secondary N) is 1. The van der Waals surface area contributed by atoms with E-state index in [1.54, 1.807) is 6.07 Å². The molecule has 0 bridgehead atoms. The van der Waals surface area contributed by atoms with Crippen molar-refractivity contribution in [1.29, 1.82) is 0 Å². The largest absolute Gasteiger partial charge is 0.387 e. The van der Waals surface area contributed by atoms with Crippen LogP contribution in [-0.2, 0) is 10.0 Å². The van der Waals surface area contributed by atoms with E-state index in [1.807, 2.05) is 0 Å². The summed E-state index contributed by atoms with van der Waals surface area (Å²) in [4.78, 5) is 10.2. The molecule has 1 unspecified atom stereocenters. The first-order valence-corrected chi connectivity index (χ1v) is 10.2. The maximum absolute atomic E-state index is 13.3. The van der Waals surface area contributed by atoms with Crippen molar-refractivity contribution < 1.29 is 22.8 Å². The van der Waals surface area contributed by atoms with Crippen molar-refractivity contribution >= 4 is 21.4 Å². The Bertz CT molecular complexity index is 977. The molecule has 1 aliphatic heterocycles. The monoisotopic (exact) mass is 409 g/mol. The number of non-ortho nitro benzene ring substituents is 1. The molecule has 0 radical (unpaired) electrons. The molecule has 28 heavy (non-hydrogen) atoms. The molecular weight excluding hydrogens is 389 g/mol. The lowest BCUT2D eigenvalue weighted by Gasteiger charge is -2.20. The maximum atomic E-state index is 13.3. The summed E-state index contributed by atoms with van der Waals surface area (Å²) < 4.78 is 40.5. The minimum absolute atomic E-state index is 0.0935. The summed E-state index contributed by atoms with van der Waals surface area (Å²) in [7, 11) is -3.92. The summed E-state index contributed by atoms with van der Waals surface area (Å²) in [5.41, 5.74) is 0.139. The van der Waals surface area contributed by atoms with Gasteiger partial charge in [-0.05, 0) is 36.6 Å². The fraction of sp³-hybridized carbons (Fsp3) is 0.333. The highest BCUT2D eigenvalue weighted by Gasteiger charge is 2.31. The number of aliphatic hydroxyl groups is 1. The van der Waals surface area contributed by atoms with Crippen molar-refractivity contribution in [1.82, 2.24) is 4.31 Å². The second kappa shape index (κ2) is 8.21. The van der Waals surface area contributed by atoms with Crippen LogP contribution in [-0.4, -0.2) is 42.4 Å². The van der Waals surface area contributed by atoms with Crippen LogP contribution in [0.4, 0.5) is 15.8 Å². The SMILES string of the molecule is O=[N+]([O-])c1ccc(NCC(O)c2cccc(F)c2)c(S(=O)(=O)N2CCCC2)c1. The number of benzene rings is 2. The molecular formula is C18H20FN3O5S. The first-order valence-electron chi connectivity index (χ1n) is 8.75. The highest BCUT2D eigenvalue weighted by Crippen LogP contribution is 2.31. The van der Waals surface area contributed by atoms with Crippen LogP contribution in [0.5, 0.6) is 0 Å². The number of rotatable bonds is 7. The number of nitrogens with zero attached hydrogens (tertiary/aromatic N) is 2. The predicted molar refractivity (Wildman–Crippen MR) is 101 cm³/mol. The first kappa shape index (κ1) is 20.2. The predicted octanol–water partition coefficient (Wildman–Crippen LogP) is 2.66. The van der Waals surface area contributed by atoms with E-state index >= 15 is 0 Å². The number of anilines is 1. The third kappa shape index (κ3) is 4.29. The van der Waals surface area contributed by atoms with Crippen molar-refractivity contribution in [3.8, 4) is 0 Å². The molecule has 10 heteroatoms. The first-order chi connectivity index (χ1) is 13.3. The maximum Gasteiger partial charge on any atom is 0.270 e. The van der Waals surface area contributed by atoms with Crippen LogP contribution >= 0.6 is 0 Å². The minimum atomic E-state index is -3.92. The van der Waals surface area contributed by atoms with Crippen molar-refractivity contribution in [3.05, 3.63) is 64.0 Å². The van der Waals surface area contributed by atoms with Crippen molar-refractivity contribution in [2.45, 2.75) is 23.8 Å². The molecule has 3 rings (SSSR count). The van der Waals surface area contributed by atoms with E-state index < -0.39 is 26.9 Å². The molecule has 8 nitrogen and oxygen atoms in total. The average molecular weight is 409 g/mol. The van der Waals surface area contributed by atoms with E-state index in [0.29, 0.717) is 18.7 Å². The van der Waals surface area contributed by atoms with E-state index in [2.05, 4.69) is 5.32 Å². The molecule has 0 aromatic heterocycles. The Morgan fingerprint density at radius 2 is 1.93 bits per heavy atom. The average Bonchev–Trinajstić information content (AvgIpc) is 3.21. The summed E-state index contributed by atoms with van der Waals surface area (Å²) >= 11 is 0. The van der Waals surface area contributed by atoms with Crippen LogP contribution in [0.2, 0.25) is 0 Å². The van der Waals surface area contributed by atoms with Crippen molar-refractivity contribution in [2.24, 2.45) is 0 Å². The molecule has 2 aromatic rings. The molecule has 150 valence electrons. The van der Waals surface area contributed by atoms with Crippen molar-refractivity contribution in [3.63, 3.8) is 0 Å². The number of sulfonamides is 1. The van der Waals surface area contributed by atoms with Gasteiger partial charge in [-0.1, -0.05) is 12.1 Å². The Labute approximate surface area is 161 Å². The Morgan fingerprint density at radius 3 is 2.57 bits per heavy atom. The number of nitro groups is 1. The molecule has 2 aromatic carbocycles. The zero-order valence-electron chi connectivity index (χ0n) is 14.9. The molecule has 1 heterocycles. The van der Waals surface area contributed by atoms with Gasteiger partial charge in [-0.25, -0.2) is 12.8 Å². The molecule has 1 atom stereocenters. The lowest BCUT2D eigenvalue weighted by Crippen LogP contribution is -2.29. The van der Waals surface area contributed by atoms with Gasteiger partial charge in [-0.3, -0.25) is 10.1 Å². The fourth-order valence-electron chi connectivity index (χ4n) is 3.09. The Hall–Kier alpha value is -2.56. The summed E-state index contributed by atoms with van der Waals surface area (Å²) in [6.45, 7) is 0.622. The Morgan fingerprint density at radius 1 is 1.21 bits per heavy atom. The number of nitro benzene ring substituents is 1. The van der Waals surface area contributed by atoms with Gasteiger partial charge in [-0.15, -0.1) is 0 Å². The fourth-order valence-corrected chi connectivity index (χ4v) is 4.79. The quantitative estimate of drug-likeness (QED) is 0.537. The van der Waals surface area contributed by atoms with Gasteiger partial charge < -0.3 is 10.4 Å². The number of hydrogen-bond donors (Lipinski definition) is 2. The van der Waals surface area contributed by atoms with Crippen LogP contribution in [0.25, 0.3) is 0 Å². The van der Waals surface area contributed by atoms with E-state index in [9.17, 15) is 28.0 Å². The van der Waals surface area contributed by atoms with Crippen LogP contribution in [0.3, 0.4) is 0 Å². The third-order valence-corrected chi connectivity index (χ3v) is 6.52. The summed E-state index contributed by atoms with van der Waals surface area (Å²) in [5.74, 6) is -0.496. The number of halogens is 1. The molecule has 1 aliphatic rings. The topological polar surface area (TPSA) is 113 Å². The smallest absolute Gasteiger partial charge is 0.270 e. The Kier molecular flexibility index (Phi) is 5.92. The van der Waals surface area contributed by atoms with Gasteiger partial charge in [-0.2, -0.15) is 4.31 Å². The second-order valence-electron chi connectivity index (χ2n) is 6.50. The number of aliphatic hydroxyl groups excluding tert-OH is 1. The van der Waals surface area contributed by atoms with Gasteiger partial charge in [0.2, 0.25) is 10.0 Å². The second-order valence-corrected chi connectivity index (χ2v) is 8.41. The van der Waals surface area contributed by atoms with E-state index in [4.69, 9.17) is 0 Å². The molecule has 1 saturated heterocycles. The van der Waals surface area contributed by atoms with Gasteiger partial charge in [0.15, 0.2) is 0 Å². The summed E-state index contributed by atoms with van der Waals surface area (Å²) in [5, 5.41) is 24.2. The lowest BCUT2D eigenvalue weighted by molar-refractivity contribution is -0.385. The molecule has 0 spiro atoms. The molecule has 0 aliphatic carbocycles. The molecule has 0 amide bonds. The van der Waals surface area contributed by atoms with Gasteiger partial charge in [0, 0.05) is 31.8 Å². The zero-order chi connectivity index (χ0) is 20.3. The van der Waals surface area contributed by atoms with E-state index in [0.717, 1.165) is 18.9 Å². The van der Waals surface area contributed by atoms with E-state index in [1.165, 1.54) is 34.6 Å². The van der Waals surface area contributed by atoms with Gasteiger partial charge in [0.25, 0.3) is 5.69 Å². The van der Waals surface area contributed by atoms with Crippen LogP contribution in [0, 0.1) is 15.9 Å². The van der Waals surface area contributed by atoms with Crippen LogP contribution in [0.1, 0.15) is 24.5 Å². The summed E-state index contributed by atoms with van der Waals surface area (Å²) in [6, 6.07) is 8.96. The zero-order valence-corrected chi connectivity index (χ0v) is 15.7. The molecule has 1 fully saturated rings. The third-order valence-electron chi connectivity index (χ3n) is 4.58. The highest BCUT2D eigenvalue weighted by atomic mass is 32.2. The van der Waals surface area contributed by atoms with E-state index in [-0.39, 0.29) is 22.8 Å². The minimum Gasteiger partial charge on any atom is -0.387 e. The standard InChI is InChI=1S/C18H20FN3O5S/c19-14-5-3-4-13(10-14)17(23)12-20-16-7-6-15(22(24)25)11-18(16)28(26,27)21-8-1-2-9-21/h3-7,10-11,17,20,23H,1-2,8-9,12H2. The molecule has 0 saturated carbocycles. The summed E-state index contributed by atoms with van der Waals surface area (Å²) in [6.07, 6.45) is 0.373. The normalized spacial score (nSPS) is 16.1. The van der Waals surface area contributed by atoms with Gasteiger partial charge in [0.05, 0.1) is 16.7 Å². The van der Waals surface area contributed by atoms with Crippen molar-refractivity contribution in [2.75, 3.05) is 25.0 Å². The number of hydrogen-bond acceptors (Lipinski definition) is 6. The van der Waals surface area contributed by atoms with Gasteiger partial charge >= 0.3 is 0 Å². The highest BCUT2D eigenvalue weighted by molar-refractivity contribution is 7.89. The van der Waals surface area contributed by atoms with Crippen LogP contribution in [0.15, 0.2) is 47.4 Å². The van der Waals surface area contributed by atoms with Gasteiger partial charge in [0.1, 0.15) is 10.7 Å². The molecule has 2 N–H and O–H groups in total. The van der Waals surface area contributed by atoms with Crippen LogP contribution < -0.4 is 5.32 Å². The Balaban J connectivity index is 1.88. The lowest BCUT2D eigenvalue weighted by atomic mass is 10.1.